The van der Waals surface area contributed by atoms with Gasteiger partial charge in [0.25, 0.3) is 0 Å². The number of piperidine rings is 1. The van der Waals surface area contributed by atoms with Gasteiger partial charge in [0.1, 0.15) is 6.04 Å². The lowest BCUT2D eigenvalue weighted by Crippen LogP contribution is -2.52. The van der Waals surface area contributed by atoms with E-state index in [1.54, 1.807) is 21.7 Å². The maximum absolute atomic E-state index is 12.4. The van der Waals surface area contributed by atoms with Crippen molar-refractivity contribution in [2.75, 3.05) is 31.3 Å². The molecule has 1 aromatic carbocycles. The van der Waals surface area contributed by atoms with E-state index in [-0.39, 0.29) is 24.5 Å². The molecule has 1 atom stereocenters. The molecular formula is C21H25F3N6O3S. The average molecular weight is 499 g/mol. The molecule has 3 rings (SSSR count). The van der Waals surface area contributed by atoms with E-state index in [1.165, 1.54) is 5.56 Å². The first-order chi connectivity index (χ1) is 16.0. The lowest BCUT2D eigenvalue weighted by Gasteiger charge is -2.36. The predicted molar refractivity (Wildman–Crippen MR) is 118 cm³/mol. The number of alkyl halides is 3. The van der Waals surface area contributed by atoms with E-state index in [9.17, 15) is 18.0 Å². The minimum Gasteiger partial charge on any atom is -0.475 e. The number of hydrogen-bond donors (Lipinski definition) is 2. The lowest BCUT2D eigenvalue weighted by molar-refractivity contribution is -0.192. The second-order valence-corrected chi connectivity index (χ2v) is 8.80. The van der Waals surface area contributed by atoms with Gasteiger partial charge in [0.05, 0.1) is 30.1 Å². The van der Waals surface area contributed by atoms with Crippen LogP contribution in [0.1, 0.15) is 24.0 Å². The number of thioether (sulfide) groups is 1. The molecule has 2 aliphatic heterocycles. The van der Waals surface area contributed by atoms with Crippen molar-refractivity contribution in [2.24, 2.45) is 5.84 Å². The molecule has 1 amide bonds. The van der Waals surface area contributed by atoms with E-state index in [0.717, 1.165) is 32.5 Å². The Morgan fingerprint density at radius 2 is 1.79 bits per heavy atom. The van der Waals surface area contributed by atoms with Crippen LogP contribution in [0.25, 0.3) is 0 Å². The van der Waals surface area contributed by atoms with Crippen LogP contribution in [0.15, 0.2) is 24.3 Å². The molecule has 13 heteroatoms. The van der Waals surface area contributed by atoms with E-state index in [0.29, 0.717) is 17.2 Å². The molecule has 0 spiro atoms. The molecule has 2 fully saturated rings. The minimum atomic E-state index is -5.08. The molecular weight excluding hydrogens is 473 g/mol. The number of hydrazine groups is 1. The number of nitrogens with two attached hydrogens (primary N) is 1. The van der Waals surface area contributed by atoms with Crippen LogP contribution in [-0.2, 0) is 16.1 Å². The zero-order valence-corrected chi connectivity index (χ0v) is 19.1. The summed E-state index contributed by atoms with van der Waals surface area (Å²) >= 11 is 1.61. The summed E-state index contributed by atoms with van der Waals surface area (Å²) in [5, 5.41) is 26.8. The number of carbonyl (C=O) groups is 2. The molecule has 34 heavy (non-hydrogen) atoms. The molecule has 3 N–H and O–H groups in total. The number of rotatable bonds is 5. The van der Waals surface area contributed by atoms with Crippen molar-refractivity contribution >= 4 is 23.6 Å². The summed E-state index contributed by atoms with van der Waals surface area (Å²) in [6, 6.07) is 11.9. The van der Waals surface area contributed by atoms with Crippen LogP contribution < -0.4 is 5.84 Å². The SMILES string of the molecule is N#Cc1ccc(CN2CCC(N(N)CC(=O)N3CSC[C@H]3C#N)CC2)cc1.O=C(O)C(F)(F)F. The van der Waals surface area contributed by atoms with Crippen LogP contribution in [0.2, 0.25) is 0 Å². The monoisotopic (exact) mass is 498 g/mol. The normalized spacial score (nSPS) is 19.1. The van der Waals surface area contributed by atoms with E-state index in [4.69, 9.17) is 26.3 Å². The third-order valence-electron chi connectivity index (χ3n) is 5.43. The van der Waals surface area contributed by atoms with Crippen LogP contribution in [0.3, 0.4) is 0 Å². The number of carbonyl (C=O) groups excluding carboxylic acids is 1. The van der Waals surface area contributed by atoms with Crippen molar-refractivity contribution in [3.8, 4) is 12.1 Å². The van der Waals surface area contributed by atoms with Gasteiger partial charge in [-0.15, -0.1) is 11.8 Å². The summed E-state index contributed by atoms with van der Waals surface area (Å²) in [5.74, 6) is 4.62. The molecule has 0 radical (unpaired) electrons. The summed E-state index contributed by atoms with van der Waals surface area (Å²) < 4.78 is 31.7. The quantitative estimate of drug-likeness (QED) is 0.459. The van der Waals surface area contributed by atoms with E-state index in [1.807, 2.05) is 24.3 Å². The van der Waals surface area contributed by atoms with Crippen molar-refractivity contribution in [3.63, 3.8) is 0 Å². The summed E-state index contributed by atoms with van der Waals surface area (Å²) in [6.07, 6.45) is -3.26. The van der Waals surface area contributed by atoms with Gasteiger partial charge in [-0.05, 0) is 30.5 Å². The summed E-state index contributed by atoms with van der Waals surface area (Å²) in [5.41, 5.74) is 1.87. The van der Waals surface area contributed by atoms with Crippen molar-refractivity contribution in [1.29, 1.82) is 10.5 Å². The Balaban J connectivity index is 0.000000509. The molecule has 1 aromatic rings. The lowest BCUT2D eigenvalue weighted by atomic mass is 10.0. The summed E-state index contributed by atoms with van der Waals surface area (Å²) in [6.45, 7) is 2.87. The molecule has 0 saturated carbocycles. The first-order valence-electron chi connectivity index (χ1n) is 10.3. The van der Waals surface area contributed by atoms with Crippen LogP contribution in [0.4, 0.5) is 13.2 Å². The van der Waals surface area contributed by atoms with Crippen molar-refractivity contribution in [3.05, 3.63) is 35.4 Å². The first-order valence-corrected chi connectivity index (χ1v) is 11.5. The van der Waals surface area contributed by atoms with Gasteiger partial charge in [-0.1, -0.05) is 12.1 Å². The number of nitrogens with zero attached hydrogens (tertiary/aromatic N) is 5. The molecule has 2 aliphatic rings. The van der Waals surface area contributed by atoms with Crippen LogP contribution in [0.5, 0.6) is 0 Å². The highest BCUT2D eigenvalue weighted by Crippen LogP contribution is 2.22. The Bertz CT molecular complexity index is 924. The molecule has 184 valence electrons. The molecule has 0 unspecified atom stereocenters. The van der Waals surface area contributed by atoms with Crippen LogP contribution >= 0.6 is 11.8 Å². The van der Waals surface area contributed by atoms with Crippen LogP contribution in [0, 0.1) is 22.7 Å². The van der Waals surface area contributed by atoms with Gasteiger partial charge in [0.15, 0.2) is 0 Å². The van der Waals surface area contributed by atoms with Gasteiger partial charge >= 0.3 is 12.1 Å². The highest BCUT2D eigenvalue weighted by molar-refractivity contribution is 7.99. The molecule has 0 aliphatic carbocycles. The third-order valence-corrected chi connectivity index (χ3v) is 6.44. The van der Waals surface area contributed by atoms with E-state index < -0.39 is 12.1 Å². The Kier molecular flexibility index (Phi) is 10.1. The molecule has 0 bridgehead atoms. The van der Waals surface area contributed by atoms with Crippen molar-refractivity contribution in [1.82, 2.24) is 14.8 Å². The van der Waals surface area contributed by atoms with Gasteiger partial charge in [-0.2, -0.15) is 23.7 Å². The Hall–Kier alpha value is -2.84. The standard InChI is InChI=1S/C19H24N6OS.C2HF3O2/c20-9-15-1-3-16(4-2-15)11-23-7-5-17(6-8-23)25(22)12-19(26)24-14-27-13-18(24)10-21;3-2(4,5)1(6)7/h1-4,17-18H,5-8,11-14,22H2;(H,6,7)/t18-;/m1./s1. The highest BCUT2D eigenvalue weighted by atomic mass is 32.2. The molecule has 2 heterocycles. The van der Waals surface area contributed by atoms with E-state index in [2.05, 4.69) is 17.0 Å². The van der Waals surface area contributed by atoms with Gasteiger partial charge < -0.3 is 10.0 Å². The molecule has 2 saturated heterocycles. The largest absolute Gasteiger partial charge is 0.490 e. The summed E-state index contributed by atoms with van der Waals surface area (Å²) in [7, 11) is 0. The van der Waals surface area contributed by atoms with Crippen LogP contribution in [-0.4, -0.2) is 81.3 Å². The van der Waals surface area contributed by atoms with Gasteiger partial charge in [-0.3, -0.25) is 15.5 Å². The smallest absolute Gasteiger partial charge is 0.475 e. The fraction of sp³-hybridized carbons (Fsp3) is 0.524. The molecule has 9 nitrogen and oxygen atoms in total. The first kappa shape index (κ1) is 27.4. The number of benzene rings is 1. The highest BCUT2D eigenvalue weighted by Gasteiger charge is 2.38. The van der Waals surface area contributed by atoms with Gasteiger partial charge in [-0.25, -0.2) is 9.80 Å². The number of nitriles is 2. The second-order valence-electron chi connectivity index (χ2n) is 7.80. The fourth-order valence-electron chi connectivity index (χ4n) is 3.52. The number of carboxylic acid groups (broad SMARTS) is 1. The van der Waals surface area contributed by atoms with Gasteiger partial charge in [0, 0.05) is 31.4 Å². The zero-order valence-electron chi connectivity index (χ0n) is 18.2. The summed E-state index contributed by atoms with van der Waals surface area (Å²) in [4.78, 5) is 25.3. The van der Waals surface area contributed by atoms with Gasteiger partial charge in [0.2, 0.25) is 5.91 Å². The van der Waals surface area contributed by atoms with Crippen molar-refractivity contribution in [2.45, 2.75) is 37.6 Å². The Morgan fingerprint density at radius 3 is 2.29 bits per heavy atom. The minimum absolute atomic E-state index is 0.0611. The predicted octanol–water partition coefficient (Wildman–Crippen LogP) is 1.76. The topological polar surface area (TPSA) is 138 Å². The molecule has 0 aromatic heterocycles. The Morgan fingerprint density at radius 1 is 1.21 bits per heavy atom. The number of amides is 1. The third kappa shape index (κ3) is 8.18. The average Bonchev–Trinajstić information content (AvgIpc) is 3.29. The number of carboxylic acids is 1. The maximum atomic E-state index is 12.4. The number of likely N-dealkylation sites (tertiary alicyclic amines) is 1. The number of hydrogen-bond acceptors (Lipinski definition) is 8. The van der Waals surface area contributed by atoms with Crippen molar-refractivity contribution < 1.29 is 27.9 Å². The number of halogens is 3. The zero-order chi connectivity index (χ0) is 25.3. The fourth-order valence-corrected chi connectivity index (χ4v) is 4.63. The Labute approximate surface area is 199 Å². The second kappa shape index (κ2) is 12.6. The maximum Gasteiger partial charge on any atom is 0.490 e. The number of aliphatic carboxylic acids is 1. The van der Waals surface area contributed by atoms with E-state index >= 15 is 0 Å².